The Morgan fingerprint density at radius 3 is 2.83 bits per heavy atom. The first-order chi connectivity index (χ1) is 8.67. The summed E-state index contributed by atoms with van der Waals surface area (Å²) in [5, 5.41) is 3.83. The minimum Gasteiger partial charge on any atom is -0.450 e. The Labute approximate surface area is 109 Å². The van der Waals surface area contributed by atoms with Crippen molar-refractivity contribution in [2.24, 2.45) is 0 Å². The maximum Gasteiger partial charge on any atom is 0.410 e. The van der Waals surface area contributed by atoms with Gasteiger partial charge in [-0.1, -0.05) is 0 Å². The van der Waals surface area contributed by atoms with Crippen molar-refractivity contribution >= 4 is 23.3 Å². The van der Waals surface area contributed by atoms with Gasteiger partial charge in [0.1, 0.15) is 6.54 Å². The van der Waals surface area contributed by atoms with Crippen molar-refractivity contribution in [3.63, 3.8) is 0 Å². The average Bonchev–Trinajstić information content (AvgIpc) is 2.81. The molecule has 1 rings (SSSR count). The van der Waals surface area contributed by atoms with Gasteiger partial charge in [0.15, 0.2) is 0 Å². The Morgan fingerprint density at radius 1 is 1.50 bits per heavy atom. The van der Waals surface area contributed by atoms with Crippen LogP contribution in [0.5, 0.6) is 0 Å². The van der Waals surface area contributed by atoms with Gasteiger partial charge in [0.2, 0.25) is 0 Å². The minimum atomic E-state index is -0.519. The summed E-state index contributed by atoms with van der Waals surface area (Å²) in [5.41, 5.74) is 3.12. The number of amides is 2. The van der Waals surface area contributed by atoms with Crippen molar-refractivity contribution in [1.82, 2.24) is 10.4 Å². The molecule has 1 aromatic heterocycles. The van der Waals surface area contributed by atoms with E-state index in [0.29, 0.717) is 6.54 Å². The number of ether oxygens (including phenoxy) is 1. The third-order valence-electron chi connectivity index (χ3n) is 2.03. The van der Waals surface area contributed by atoms with Crippen molar-refractivity contribution in [3.8, 4) is 0 Å². The van der Waals surface area contributed by atoms with Gasteiger partial charge in [0, 0.05) is 0 Å². The van der Waals surface area contributed by atoms with Crippen molar-refractivity contribution in [3.05, 3.63) is 22.4 Å². The summed E-state index contributed by atoms with van der Waals surface area (Å²) in [6.07, 6.45) is -0.519. The van der Waals surface area contributed by atoms with Crippen LogP contribution in [0.25, 0.3) is 0 Å². The van der Waals surface area contributed by atoms with E-state index in [0.717, 1.165) is 5.56 Å². The Bertz CT molecular complexity index is 380. The van der Waals surface area contributed by atoms with Crippen LogP contribution in [0, 0.1) is 0 Å². The topological polar surface area (TPSA) is 67.9 Å². The third-order valence-corrected chi connectivity index (χ3v) is 2.76. The van der Waals surface area contributed by atoms with E-state index in [-0.39, 0.29) is 13.2 Å². The van der Waals surface area contributed by atoms with Gasteiger partial charge in [0.05, 0.1) is 20.3 Å². The molecule has 0 saturated carbocycles. The normalized spacial score (nSPS) is 9.89. The highest BCUT2D eigenvalue weighted by atomic mass is 32.1. The number of rotatable bonds is 6. The van der Waals surface area contributed by atoms with E-state index in [1.54, 1.807) is 6.92 Å². The van der Waals surface area contributed by atoms with Crippen LogP contribution in [-0.2, 0) is 20.9 Å². The second kappa shape index (κ2) is 7.67. The summed E-state index contributed by atoms with van der Waals surface area (Å²) in [4.78, 5) is 28.9. The summed E-state index contributed by atoms with van der Waals surface area (Å²) >= 11 is 1.53. The molecule has 0 aliphatic carbocycles. The molecule has 2 amide bonds. The quantitative estimate of drug-likeness (QED) is 0.794. The van der Waals surface area contributed by atoms with Gasteiger partial charge in [-0.25, -0.2) is 10.3 Å². The molecule has 0 aliphatic heterocycles. The molecule has 18 heavy (non-hydrogen) atoms. The van der Waals surface area contributed by atoms with E-state index < -0.39 is 12.0 Å². The first-order valence-electron chi connectivity index (χ1n) is 5.42. The molecule has 0 radical (unpaired) electrons. The number of thiophene rings is 1. The molecule has 0 atom stereocenters. The van der Waals surface area contributed by atoms with Crippen LogP contribution in [0.1, 0.15) is 12.5 Å². The average molecular weight is 272 g/mol. The molecule has 1 aromatic rings. The van der Waals surface area contributed by atoms with E-state index in [1.807, 2.05) is 16.8 Å². The monoisotopic (exact) mass is 272 g/mol. The lowest BCUT2D eigenvalue weighted by Crippen LogP contribution is -2.40. The molecule has 0 bridgehead atoms. The summed E-state index contributed by atoms with van der Waals surface area (Å²) in [5.74, 6) is -0.402. The summed E-state index contributed by atoms with van der Waals surface area (Å²) in [7, 11) is 1.34. The number of nitrogens with zero attached hydrogens (tertiary/aromatic N) is 1. The van der Waals surface area contributed by atoms with Gasteiger partial charge in [-0.05, 0) is 29.3 Å². The maximum atomic E-state index is 11.7. The van der Waals surface area contributed by atoms with Gasteiger partial charge < -0.3 is 4.74 Å². The largest absolute Gasteiger partial charge is 0.450 e. The van der Waals surface area contributed by atoms with Gasteiger partial charge in [0.25, 0.3) is 5.91 Å². The second-order valence-electron chi connectivity index (χ2n) is 3.42. The first kappa shape index (κ1) is 14.5. The fourth-order valence-corrected chi connectivity index (χ4v) is 1.98. The Balaban J connectivity index is 2.62. The van der Waals surface area contributed by atoms with Crippen LogP contribution in [0.15, 0.2) is 16.8 Å². The lowest BCUT2D eigenvalue weighted by Gasteiger charge is -2.20. The molecule has 0 aliphatic rings. The highest BCUT2D eigenvalue weighted by molar-refractivity contribution is 7.07. The predicted octanol–water partition coefficient (Wildman–Crippen LogP) is 1.38. The molecule has 0 unspecified atom stereocenters. The van der Waals surface area contributed by atoms with Crippen molar-refractivity contribution in [1.29, 1.82) is 0 Å². The van der Waals surface area contributed by atoms with E-state index in [2.05, 4.69) is 10.3 Å². The molecular formula is C11H16N2O4S. The van der Waals surface area contributed by atoms with Crippen molar-refractivity contribution in [2.45, 2.75) is 13.5 Å². The van der Waals surface area contributed by atoms with E-state index in [1.165, 1.54) is 23.3 Å². The van der Waals surface area contributed by atoms with Gasteiger partial charge in [-0.2, -0.15) is 11.3 Å². The molecular weight excluding hydrogens is 256 g/mol. The fraction of sp³-hybridized carbons (Fsp3) is 0.455. The summed E-state index contributed by atoms with van der Waals surface area (Å²) < 4.78 is 4.90. The van der Waals surface area contributed by atoms with Crippen LogP contribution in [0.3, 0.4) is 0 Å². The molecule has 0 saturated heterocycles. The molecule has 6 nitrogen and oxygen atoms in total. The Hall–Kier alpha value is -1.60. The summed E-state index contributed by atoms with van der Waals surface area (Å²) in [6.45, 7) is 2.21. The Kier molecular flexibility index (Phi) is 6.16. The third kappa shape index (κ3) is 4.72. The number of hydrogen-bond acceptors (Lipinski definition) is 5. The zero-order valence-electron chi connectivity index (χ0n) is 10.3. The van der Waals surface area contributed by atoms with Crippen LogP contribution in [0.2, 0.25) is 0 Å². The predicted molar refractivity (Wildman–Crippen MR) is 66.9 cm³/mol. The second-order valence-corrected chi connectivity index (χ2v) is 4.20. The standard InChI is InChI=1S/C11H16N2O4S/c1-3-17-11(15)13(7-10(14)12-16-2)6-9-4-5-18-8-9/h4-5,8H,3,6-7H2,1-2H3,(H,12,14). The van der Waals surface area contributed by atoms with E-state index in [4.69, 9.17) is 4.74 Å². The highest BCUT2D eigenvalue weighted by Gasteiger charge is 2.18. The van der Waals surface area contributed by atoms with Gasteiger partial charge in [-0.15, -0.1) is 0 Å². The zero-order chi connectivity index (χ0) is 13.4. The van der Waals surface area contributed by atoms with Gasteiger partial charge in [-0.3, -0.25) is 14.5 Å². The van der Waals surface area contributed by atoms with Crippen molar-refractivity contribution in [2.75, 3.05) is 20.3 Å². The van der Waals surface area contributed by atoms with E-state index >= 15 is 0 Å². The number of hydroxylamine groups is 1. The first-order valence-corrected chi connectivity index (χ1v) is 6.36. The minimum absolute atomic E-state index is 0.109. The highest BCUT2D eigenvalue weighted by Crippen LogP contribution is 2.10. The molecule has 0 spiro atoms. The SMILES string of the molecule is CCOC(=O)N(CC(=O)NOC)Cc1ccsc1. The number of carbonyl (C=O) groups is 2. The fourth-order valence-electron chi connectivity index (χ4n) is 1.32. The Morgan fingerprint density at radius 2 is 2.28 bits per heavy atom. The van der Waals surface area contributed by atoms with Crippen LogP contribution < -0.4 is 5.48 Å². The lowest BCUT2D eigenvalue weighted by atomic mass is 10.3. The molecule has 1 heterocycles. The molecule has 100 valence electrons. The number of hydrogen-bond donors (Lipinski definition) is 1. The summed E-state index contributed by atoms with van der Waals surface area (Å²) in [6, 6.07) is 1.89. The smallest absolute Gasteiger partial charge is 0.410 e. The zero-order valence-corrected chi connectivity index (χ0v) is 11.2. The molecule has 0 aromatic carbocycles. The van der Waals surface area contributed by atoms with E-state index in [9.17, 15) is 9.59 Å². The van der Waals surface area contributed by atoms with Crippen LogP contribution in [0.4, 0.5) is 4.79 Å². The number of nitrogens with one attached hydrogen (secondary N) is 1. The maximum absolute atomic E-state index is 11.7. The molecule has 0 fully saturated rings. The van der Waals surface area contributed by atoms with Crippen molar-refractivity contribution < 1.29 is 19.2 Å². The molecule has 1 N–H and O–H groups in total. The molecule has 7 heteroatoms. The number of carbonyl (C=O) groups excluding carboxylic acids is 2. The lowest BCUT2D eigenvalue weighted by molar-refractivity contribution is -0.132. The van der Waals surface area contributed by atoms with Crippen LogP contribution >= 0.6 is 11.3 Å². The van der Waals surface area contributed by atoms with Gasteiger partial charge >= 0.3 is 6.09 Å². The van der Waals surface area contributed by atoms with Crippen LogP contribution in [-0.4, -0.2) is 37.2 Å².